The highest BCUT2D eigenvalue weighted by Crippen LogP contribution is 2.30. The van der Waals surface area contributed by atoms with Crippen LogP contribution in [0.2, 0.25) is 0 Å². The van der Waals surface area contributed by atoms with Gasteiger partial charge >= 0.3 is 12.1 Å². The normalized spacial score (nSPS) is 13.0. The summed E-state index contributed by atoms with van der Waals surface area (Å²) in [5, 5.41) is 16.4. The third kappa shape index (κ3) is 14.0. The smallest absolute Gasteiger partial charge is 0.416 e. The largest absolute Gasteiger partial charge is 0.589 e. The lowest BCUT2D eigenvalue weighted by atomic mass is 10.1. The molecule has 0 saturated heterocycles. The predicted octanol–water partition coefficient (Wildman–Crippen LogP) is 9.23. The molecule has 0 aromatic heterocycles. The monoisotopic (exact) mass is 578 g/mol. The number of rotatable bonds is 19. The predicted molar refractivity (Wildman–Crippen MR) is 155 cm³/mol. The van der Waals surface area contributed by atoms with E-state index in [1.165, 1.54) is 57.1 Å². The molecule has 0 fully saturated rings. The first-order valence-electron chi connectivity index (χ1n) is 14.9. The average molecular weight is 579 g/mol. The summed E-state index contributed by atoms with van der Waals surface area (Å²) < 4.78 is 38.7. The Morgan fingerprint density at radius 3 is 1.71 bits per heavy atom. The number of quaternary nitrogens is 1. The summed E-state index contributed by atoms with van der Waals surface area (Å²) in [6.45, 7) is 3.42. The number of hydrogen-bond acceptors (Lipinski definition) is 4. The van der Waals surface area contributed by atoms with Crippen molar-refractivity contribution in [3.8, 4) is 0 Å². The number of carbonyl (C=O) groups is 2. The molecule has 9 heteroatoms. The topological polar surface area (TPSA) is 78.5 Å². The number of nitrogens with one attached hydrogen (secondary N) is 1. The molecule has 6 nitrogen and oxygen atoms in total. The molecule has 41 heavy (non-hydrogen) atoms. The van der Waals surface area contributed by atoms with Crippen molar-refractivity contribution >= 4 is 17.6 Å². The van der Waals surface area contributed by atoms with Gasteiger partial charge in [0.05, 0.1) is 12.0 Å². The molecule has 0 heterocycles. The minimum absolute atomic E-state index is 0.0548. The summed E-state index contributed by atoms with van der Waals surface area (Å²) in [4.78, 5) is 28.4. The second-order valence-corrected chi connectivity index (χ2v) is 10.7. The number of amides is 1. The van der Waals surface area contributed by atoms with Gasteiger partial charge in [0, 0.05) is 23.2 Å². The summed E-state index contributed by atoms with van der Waals surface area (Å²) in [7, 11) is 0. The van der Waals surface area contributed by atoms with E-state index >= 15 is 0 Å². The first kappa shape index (κ1) is 34.3. The summed E-state index contributed by atoms with van der Waals surface area (Å²) in [5.74, 6) is -0.743. The van der Waals surface area contributed by atoms with E-state index in [2.05, 4.69) is 12.2 Å². The lowest BCUT2D eigenvalue weighted by molar-refractivity contribution is -1.07. The standard InChI is InChI=1S/C32H45F3N2O4/c1-3-5-6-7-8-9-10-11-12-13-15-30(38)36-29-22-18-27(19-23-29)25-37(40,41-31(39)14-4-2)24-26-16-20-28(21-17-26)32(33,34)35/h16-23H,3-15,24-25H2,1-2H3,(H,36,38). The van der Waals surface area contributed by atoms with Crippen molar-refractivity contribution in [3.63, 3.8) is 0 Å². The maximum atomic E-state index is 13.5. The molecule has 228 valence electrons. The van der Waals surface area contributed by atoms with Gasteiger partial charge in [0.15, 0.2) is 0 Å². The third-order valence-corrected chi connectivity index (χ3v) is 6.85. The van der Waals surface area contributed by atoms with Crippen LogP contribution in [0.4, 0.5) is 18.9 Å². The van der Waals surface area contributed by atoms with Gasteiger partial charge in [0.1, 0.15) is 13.1 Å². The van der Waals surface area contributed by atoms with Gasteiger partial charge in [-0.25, -0.2) is 4.79 Å². The number of halogens is 3. The molecular formula is C32H45F3N2O4. The van der Waals surface area contributed by atoms with Crippen LogP contribution in [0.25, 0.3) is 0 Å². The zero-order chi connectivity index (χ0) is 30.1. The van der Waals surface area contributed by atoms with E-state index in [-0.39, 0.29) is 25.4 Å². The Labute approximate surface area is 242 Å². The van der Waals surface area contributed by atoms with Crippen molar-refractivity contribution in [1.82, 2.24) is 0 Å². The number of hydrogen-bond donors (Lipinski definition) is 1. The molecular weight excluding hydrogens is 533 g/mol. The summed E-state index contributed by atoms with van der Waals surface area (Å²) >= 11 is 0. The van der Waals surface area contributed by atoms with Gasteiger partial charge in [0.2, 0.25) is 5.91 Å². The number of nitrogens with zero attached hydrogens (tertiary/aromatic N) is 1. The van der Waals surface area contributed by atoms with Crippen molar-refractivity contribution < 1.29 is 32.4 Å². The fourth-order valence-corrected chi connectivity index (χ4v) is 4.60. The van der Waals surface area contributed by atoms with Crippen LogP contribution in [-0.4, -0.2) is 16.7 Å². The zero-order valence-corrected chi connectivity index (χ0v) is 24.4. The number of carbonyl (C=O) groups excluding carboxylic acids is 2. The van der Waals surface area contributed by atoms with Gasteiger partial charge < -0.3 is 10.5 Å². The van der Waals surface area contributed by atoms with Crippen molar-refractivity contribution in [2.24, 2.45) is 0 Å². The van der Waals surface area contributed by atoms with Crippen LogP contribution in [0.3, 0.4) is 0 Å². The molecule has 2 rings (SSSR count). The summed E-state index contributed by atoms with van der Waals surface area (Å²) in [6.07, 6.45) is 8.48. The molecule has 0 radical (unpaired) electrons. The second-order valence-electron chi connectivity index (χ2n) is 10.7. The van der Waals surface area contributed by atoms with E-state index < -0.39 is 22.5 Å². The van der Waals surface area contributed by atoms with Crippen LogP contribution in [0, 0.1) is 5.21 Å². The molecule has 1 unspecified atom stereocenters. The third-order valence-electron chi connectivity index (χ3n) is 6.85. The molecule has 1 N–H and O–H groups in total. The fraction of sp³-hybridized carbons (Fsp3) is 0.562. The van der Waals surface area contributed by atoms with Crippen molar-refractivity contribution in [2.45, 2.75) is 117 Å². The number of anilines is 1. The SMILES string of the molecule is CCCCCCCCCCCCC(=O)Nc1ccc(C[N+]([O-])(Cc2ccc(C(F)(F)F)cc2)OC(=O)CCC)cc1. The van der Waals surface area contributed by atoms with E-state index in [4.69, 9.17) is 4.84 Å². The summed E-state index contributed by atoms with van der Waals surface area (Å²) in [5.41, 5.74) is 0.650. The molecule has 1 amide bonds. The molecule has 0 aliphatic rings. The Morgan fingerprint density at radius 2 is 1.22 bits per heavy atom. The minimum Gasteiger partial charge on any atom is -0.589 e. The maximum Gasteiger partial charge on any atom is 0.416 e. The average Bonchev–Trinajstić information content (AvgIpc) is 2.90. The van der Waals surface area contributed by atoms with E-state index in [0.717, 1.165) is 31.4 Å². The fourth-order valence-electron chi connectivity index (χ4n) is 4.60. The lowest BCUT2D eigenvalue weighted by Crippen LogP contribution is -2.42. The van der Waals surface area contributed by atoms with Crippen molar-refractivity contribution in [2.75, 3.05) is 5.32 Å². The van der Waals surface area contributed by atoms with Gasteiger partial charge in [0.25, 0.3) is 0 Å². The molecule has 0 bridgehead atoms. The molecule has 0 aliphatic carbocycles. The van der Waals surface area contributed by atoms with Gasteiger partial charge in [-0.1, -0.05) is 95.9 Å². The highest BCUT2D eigenvalue weighted by Gasteiger charge is 2.31. The molecule has 1 atom stereocenters. The number of unbranched alkanes of at least 4 members (excludes halogenated alkanes) is 9. The quantitative estimate of drug-likeness (QED) is 0.102. The highest BCUT2D eigenvalue weighted by molar-refractivity contribution is 5.90. The van der Waals surface area contributed by atoms with Crippen LogP contribution in [0.1, 0.15) is 114 Å². The molecule has 2 aromatic carbocycles. The molecule has 0 aliphatic heterocycles. The summed E-state index contributed by atoms with van der Waals surface area (Å²) in [6, 6.07) is 10.9. The van der Waals surface area contributed by atoms with Crippen LogP contribution in [0.5, 0.6) is 0 Å². The van der Waals surface area contributed by atoms with Crippen molar-refractivity contribution in [3.05, 3.63) is 70.4 Å². The lowest BCUT2D eigenvalue weighted by Gasteiger charge is -2.38. The van der Waals surface area contributed by atoms with Gasteiger partial charge in [-0.2, -0.15) is 18.0 Å². The second kappa shape index (κ2) is 17.8. The first-order chi connectivity index (χ1) is 19.5. The highest BCUT2D eigenvalue weighted by atomic mass is 19.4. The first-order valence-corrected chi connectivity index (χ1v) is 14.9. The van der Waals surface area contributed by atoms with Gasteiger partial charge in [-0.15, -0.1) is 0 Å². The van der Waals surface area contributed by atoms with Crippen LogP contribution in [0.15, 0.2) is 48.5 Å². The molecule has 0 spiro atoms. The minimum atomic E-state index is -4.49. The van der Waals surface area contributed by atoms with E-state index in [0.29, 0.717) is 29.7 Å². The number of alkyl halides is 3. The van der Waals surface area contributed by atoms with E-state index in [9.17, 15) is 28.0 Å². The van der Waals surface area contributed by atoms with E-state index in [1.54, 1.807) is 31.2 Å². The van der Waals surface area contributed by atoms with Crippen LogP contribution < -0.4 is 5.32 Å². The zero-order valence-electron chi connectivity index (χ0n) is 24.4. The maximum absolute atomic E-state index is 13.5. The van der Waals surface area contributed by atoms with Gasteiger partial charge in [-0.3, -0.25) is 9.63 Å². The Hall–Kier alpha value is -2.91. The van der Waals surface area contributed by atoms with E-state index in [1.807, 2.05) is 0 Å². The van der Waals surface area contributed by atoms with Crippen molar-refractivity contribution in [1.29, 1.82) is 0 Å². The Kier molecular flexibility index (Phi) is 14.9. The Balaban J connectivity index is 1.86. The Morgan fingerprint density at radius 1 is 0.732 bits per heavy atom. The molecule has 2 aromatic rings. The van der Waals surface area contributed by atoms with Gasteiger partial charge in [-0.05, 0) is 37.1 Å². The molecule has 0 saturated carbocycles. The number of hydroxylamine groups is 4. The van der Waals surface area contributed by atoms with Crippen LogP contribution >= 0.6 is 0 Å². The van der Waals surface area contributed by atoms with Crippen LogP contribution in [-0.2, 0) is 33.7 Å². The number of benzene rings is 2. The Bertz CT molecular complexity index is 1040.